The van der Waals surface area contributed by atoms with E-state index in [1.165, 1.54) is 11.1 Å². The van der Waals surface area contributed by atoms with Crippen molar-refractivity contribution in [3.63, 3.8) is 0 Å². The number of hydrogen-bond donors (Lipinski definition) is 1. The lowest BCUT2D eigenvalue weighted by Gasteiger charge is -2.16. The van der Waals surface area contributed by atoms with Crippen LogP contribution in [0.3, 0.4) is 0 Å². The van der Waals surface area contributed by atoms with Crippen LogP contribution < -0.4 is 5.32 Å². The van der Waals surface area contributed by atoms with Gasteiger partial charge in [0.1, 0.15) is 0 Å². The van der Waals surface area contributed by atoms with Gasteiger partial charge in [-0.1, -0.05) is 36.8 Å². The maximum absolute atomic E-state index is 4.48. The summed E-state index contributed by atoms with van der Waals surface area (Å²) >= 11 is 0. The molecule has 1 N–H and O–H groups in total. The third kappa shape index (κ3) is 3.93. The summed E-state index contributed by atoms with van der Waals surface area (Å²) in [4.78, 5) is 4.48. The topological polar surface area (TPSA) is 29.9 Å². The Morgan fingerprint density at radius 2 is 2.00 bits per heavy atom. The van der Waals surface area contributed by atoms with E-state index in [2.05, 4.69) is 54.6 Å². The van der Waals surface area contributed by atoms with Gasteiger partial charge in [-0.05, 0) is 31.9 Å². The van der Waals surface area contributed by atoms with Gasteiger partial charge >= 0.3 is 0 Å². The highest BCUT2D eigenvalue weighted by atomic mass is 15.0. The first kappa shape index (κ1) is 13.8. The van der Waals surface area contributed by atoms with Crippen molar-refractivity contribution in [3.8, 4) is 0 Å². The van der Waals surface area contributed by atoms with Gasteiger partial charge in [0.15, 0.2) is 0 Å². The predicted octanol–water partition coefficient (Wildman–Crippen LogP) is 3.01. The average molecular weight is 257 g/mol. The van der Waals surface area contributed by atoms with Gasteiger partial charge < -0.3 is 9.88 Å². The Kier molecular flexibility index (Phi) is 4.74. The Balaban J connectivity index is 2.11. The highest BCUT2D eigenvalue weighted by Crippen LogP contribution is 2.17. The highest BCUT2D eigenvalue weighted by molar-refractivity contribution is 5.23. The summed E-state index contributed by atoms with van der Waals surface area (Å²) in [5, 5.41) is 3.59. The second-order valence-electron chi connectivity index (χ2n) is 5.16. The van der Waals surface area contributed by atoms with Crippen LogP contribution in [-0.4, -0.2) is 16.1 Å². The summed E-state index contributed by atoms with van der Waals surface area (Å²) in [6, 6.07) is 9.05. The molecule has 0 bridgehead atoms. The molecule has 102 valence electrons. The molecule has 19 heavy (non-hydrogen) atoms. The fourth-order valence-electron chi connectivity index (χ4n) is 2.17. The minimum absolute atomic E-state index is 0.295. The van der Waals surface area contributed by atoms with Crippen LogP contribution >= 0.6 is 0 Å². The van der Waals surface area contributed by atoms with Crippen molar-refractivity contribution in [2.75, 3.05) is 6.54 Å². The number of nitrogens with zero attached hydrogens (tertiary/aromatic N) is 2. The van der Waals surface area contributed by atoms with Crippen LogP contribution in [0.2, 0.25) is 0 Å². The van der Waals surface area contributed by atoms with Gasteiger partial charge in [0.05, 0.1) is 18.1 Å². The standard InChI is InChI=1S/C16H23N3/c1-4-9-17-15(16-11-19(3)12-18-16)10-14-7-5-13(2)6-8-14/h5-8,11-12,15,17H,4,9-10H2,1-3H3. The molecule has 0 aliphatic heterocycles. The zero-order valence-corrected chi connectivity index (χ0v) is 12.1. The van der Waals surface area contributed by atoms with Crippen molar-refractivity contribution < 1.29 is 0 Å². The summed E-state index contributed by atoms with van der Waals surface area (Å²) in [7, 11) is 2.01. The summed E-state index contributed by atoms with van der Waals surface area (Å²) in [5.74, 6) is 0. The minimum Gasteiger partial charge on any atom is -0.340 e. The van der Waals surface area contributed by atoms with Crippen LogP contribution in [0, 0.1) is 6.92 Å². The maximum atomic E-state index is 4.48. The third-order valence-corrected chi connectivity index (χ3v) is 3.28. The zero-order chi connectivity index (χ0) is 13.7. The number of aromatic nitrogens is 2. The number of aryl methyl sites for hydroxylation is 2. The third-order valence-electron chi connectivity index (χ3n) is 3.28. The first-order valence-electron chi connectivity index (χ1n) is 6.96. The maximum Gasteiger partial charge on any atom is 0.0947 e. The lowest BCUT2D eigenvalue weighted by atomic mass is 10.0. The predicted molar refractivity (Wildman–Crippen MR) is 79.1 cm³/mol. The fourth-order valence-corrected chi connectivity index (χ4v) is 2.17. The molecule has 0 saturated heterocycles. The first-order chi connectivity index (χ1) is 9.19. The van der Waals surface area contributed by atoms with Crippen molar-refractivity contribution >= 4 is 0 Å². The van der Waals surface area contributed by atoms with E-state index >= 15 is 0 Å². The molecule has 0 amide bonds. The van der Waals surface area contributed by atoms with Gasteiger partial charge in [0.25, 0.3) is 0 Å². The van der Waals surface area contributed by atoms with Crippen molar-refractivity contribution in [3.05, 3.63) is 53.6 Å². The molecule has 1 atom stereocenters. The number of rotatable bonds is 6. The lowest BCUT2D eigenvalue weighted by molar-refractivity contribution is 0.519. The first-order valence-corrected chi connectivity index (χ1v) is 6.96. The second-order valence-corrected chi connectivity index (χ2v) is 5.16. The highest BCUT2D eigenvalue weighted by Gasteiger charge is 2.13. The van der Waals surface area contributed by atoms with Gasteiger partial charge in [0, 0.05) is 13.2 Å². The van der Waals surface area contributed by atoms with E-state index in [4.69, 9.17) is 0 Å². The van der Waals surface area contributed by atoms with E-state index in [0.717, 1.165) is 25.1 Å². The summed E-state index contributed by atoms with van der Waals surface area (Å²) in [6.07, 6.45) is 6.08. The van der Waals surface area contributed by atoms with E-state index in [-0.39, 0.29) is 0 Å². The number of imidazole rings is 1. The molecule has 0 fully saturated rings. The van der Waals surface area contributed by atoms with Crippen molar-refractivity contribution in [2.24, 2.45) is 7.05 Å². The second kappa shape index (κ2) is 6.53. The molecule has 0 radical (unpaired) electrons. The van der Waals surface area contributed by atoms with E-state index in [1.54, 1.807) is 0 Å². The number of hydrogen-bond acceptors (Lipinski definition) is 2. The van der Waals surface area contributed by atoms with Crippen molar-refractivity contribution in [1.82, 2.24) is 14.9 Å². The number of nitrogens with one attached hydrogen (secondary N) is 1. The van der Waals surface area contributed by atoms with Gasteiger partial charge in [-0.2, -0.15) is 0 Å². The van der Waals surface area contributed by atoms with Gasteiger partial charge in [-0.15, -0.1) is 0 Å². The normalized spacial score (nSPS) is 12.6. The van der Waals surface area contributed by atoms with Gasteiger partial charge in [-0.3, -0.25) is 0 Å². The molecule has 1 aromatic carbocycles. The smallest absolute Gasteiger partial charge is 0.0947 e. The zero-order valence-electron chi connectivity index (χ0n) is 12.1. The molecule has 3 heteroatoms. The Hall–Kier alpha value is -1.61. The molecule has 0 saturated carbocycles. The van der Waals surface area contributed by atoms with Crippen LogP contribution in [0.4, 0.5) is 0 Å². The Bertz CT molecular complexity index is 499. The monoisotopic (exact) mass is 257 g/mol. The molecule has 3 nitrogen and oxygen atoms in total. The lowest BCUT2D eigenvalue weighted by Crippen LogP contribution is -2.24. The van der Waals surface area contributed by atoms with Crippen LogP contribution in [0.15, 0.2) is 36.8 Å². The quantitative estimate of drug-likeness (QED) is 0.862. The fraction of sp³-hybridized carbons (Fsp3) is 0.438. The van der Waals surface area contributed by atoms with Crippen LogP contribution in [0.1, 0.15) is 36.2 Å². The molecule has 2 aromatic rings. The Morgan fingerprint density at radius 1 is 1.26 bits per heavy atom. The average Bonchev–Trinajstić information content (AvgIpc) is 2.83. The van der Waals surface area contributed by atoms with Gasteiger partial charge in [-0.25, -0.2) is 4.98 Å². The summed E-state index contributed by atoms with van der Waals surface area (Å²) < 4.78 is 2.01. The number of benzene rings is 1. The molecule has 1 heterocycles. The molecule has 0 aliphatic rings. The molecule has 0 aliphatic carbocycles. The van der Waals surface area contributed by atoms with Crippen LogP contribution in [0.25, 0.3) is 0 Å². The van der Waals surface area contributed by atoms with E-state index in [1.807, 2.05) is 17.9 Å². The molecule has 1 unspecified atom stereocenters. The summed E-state index contributed by atoms with van der Waals surface area (Å²) in [5.41, 5.74) is 3.78. The Morgan fingerprint density at radius 3 is 2.58 bits per heavy atom. The van der Waals surface area contributed by atoms with Crippen molar-refractivity contribution in [1.29, 1.82) is 0 Å². The van der Waals surface area contributed by atoms with E-state index in [9.17, 15) is 0 Å². The molecule has 1 aromatic heterocycles. The van der Waals surface area contributed by atoms with Gasteiger partial charge in [0.2, 0.25) is 0 Å². The molecular formula is C16H23N3. The van der Waals surface area contributed by atoms with Crippen LogP contribution in [-0.2, 0) is 13.5 Å². The Labute approximate surface area is 115 Å². The van der Waals surface area contributed by atoms with Crippen LogP contribution in [0.5, 0.6) is 0 Å². The van der Waals surface area contributed by atoms with E-state index in [0.29, 0.717) is 6.04 Å². The van der Waals surface area contributed by atoms with E-state index < -0.39 is 0 Å². The molecular weight excluding hydrogens is 234 g/mol. The molecule has 2 rings (SSSR count). The van der Waals surface area contributed by atoms with Crippen molar-refractivity contribution in [2.45, 2.75) is 32.7 Å². The summed E-state index contributed by atoms with van der Waals surface area (Å²) in [6.45, 7) is 5.33. The molecule has 0 spiro atoms. The largest absolute Gasteiger partial charge is 0.340 e. The SMILES string of the molecule is CCCNC(Cc1ccc(C)cc1)c1cn(C)cn1. The minimum atomic E-state index is 0.295.